The second kappa shape index (κ2) is 13.9. The number of nitrogens with zero attached hydrogens (tertiary/aromatic N) is 3. The van der Waals surface area contributed by atoms with Gasteiger partial charge in [0.1, 0.15) is 17.3 Å². The van der Waals surface area contributed by atoms with Crippen LogP contribution >= 0.6 is 12.2 Å². The number of piperidine rings is 1. The summed E-state index contributed by atoms with van der Waals surface area (Å²) in [5, 5.41) is 8.18. The van der Waals surface area contributed by atoms with Gasteiger partial charge in [0.25, 0.3) is 0 Å². The first kappa shape index (κ1) is 29.7. The molecule has 0 radical (unpaired) electrons. The Bertz CT molecular complexity index is 1400. The second-order valence-electron chi connectivity index (χ2n) is 9.69. The maximum Gasteiger partial charge on any atom is 0.323 e. The van der Waals surface area contributed by atoms with Crippen molar-refractivity contribution in [1.29, 1.82) is 0 Å². The van der Waals surface area contributed by atoms with Crippen molar-refractivity contribution in [3.8, 4) is 17.2 Å². The molecule has 3 aromatic rings. The molecule has 10 nitrogen and oxygen atoms in total. The number of aromatic nitrogens is 1. The number of anilines is 2. The van der Waals surface area contributed by atoms with Gasteiger partial charge in [-0.1, -0.05) is 18.2 Å². The SMILES string of the molecule is COc1ccccc1CC(=O)NC(=S)Nc1ccc(Oc2ccnc(NC(=O)N(C)C3CCN(C)CC3)c2)c(F)c1. The van der Waals surface area contributed by atoms with Gasteiger partial charge < -0.3 is 29.9 Å². The number of para-hydroxylation sites is 1. The first-order chi connectivity index (χ1) is 19.7. The van der Waals surface area contributed by atoms with Crippen LogP contribution in [-0.2, 0) is 11.2 Å². The number of rotatable bonds is 8. The molecule has 1 fully saturated rings. The highest BCUT2D eigenvalue weighted by Gasteiger charge is 2.24. The molecule has 0 unspecified atom stereocenters. The van der Waals surface area contributed by atoms with Crippen LogP contribution in [-0.4, -0.2) is 72.2 Å². The molecular weight excluding hydrogens is 547 g/mol. The fourth-order valence-electron chi connectivity index (χ4n) is 4.43. The molecular formula is C29H33FN6O4S. The van der Waals surface area contributed by atoms with Gasteiger partial charge in [-0.3, -0.25) is 10.1 Å². The number of hydrogen-bond donors (Lipinski definition) is 3. The molecule has 12 heteroatoms. The molecule has 0 aliphatic carbocycles. The highest BCUT2D eigenvalue weighted by molar-refractivity contribution is 7.80. The van der Waals surface area contributed by atoms with Crippen LogP contribution < -0.4 is 25.4 Å². The van der Waals surface area contributed by atoms with E-state index in [9.17, 15) is 14.0 Å². The van der Waals surface area contributed by atoms with Gasteiger partial charge in [0.2, 0.25) is 5.91 Å². The molecule has 0 bridgehead atoms. The van der Waals surface area contributed by atoms with E-state index < -0.39 is 5.82 Å². The number of amides is 3. The third-order valence-electron chi connectivity index (χ3n) is 6.74. The molecule has 4 rings (SSSR count). The number of pyridine rings is 1. The molecule has 41 heavy (non-hydrogen) atoms. The Morgan fingerprint density at radius 2 is 1.85 bits per heavy atom. The van der Waals surface area contributed by atoms with Crippen molar-refractivity contribution in [2.75, 3.05) is 44.9 Å². The number of carbonyl (C=O) groups is 2. The Hall–Kier alpha value is -4.29. The zero-order valence-electron chi connectivity index (χ0n) is 23.1. The van der Waals surface area contributed by atoms with E-state index in [1.165, 1.54) is 31.5 Å². The van der Waals surface area contributed by atoms with Gasteiger partial charge in [0.15, 0.2) is 16.7 Å². The number of nitrogens with one attached hydrogen (secondary N) is 3. The average Bonchev–Trinajstić information content (AvgIpc) is 2.95. The number of methoxy groups -OCH3 is 1. The van der Waals surface area contributed by atoms with Gasteiger partial charge in [-0.25, -0.2) is 14.2 Å². The van der Waals surface area contributed by atoms with Crippen molar-refractivity contribution in [1.82, 2.24) is 20.1 Å². The number of thiocarbonyl (C=S) groups is 1. The Balaban J connectivity index is 1.31. The number of carbonyl (C=O) groups excluding carboxylic acids is 2. The van der Waals surface area contributed by atoms with E-state index in [1.54, 1.807) is 36.2 Å². The maximum atomic E-state index is 14.9. The minimum Gasteiger partial charge on any atom is -0.496 e. The molecule has 2 aromatic carbocycles. The Labute approximate surface area is 243 Å². The molecule has 0 spiro atoms. The third-order valence-corrected chi connectivity index (χ3v) is 6.94. The van der Waals surface area contributed by atoms with Gasteiger partial charge in [0, 0.05) is 42.7 Å². The van der Waals surface area contributed by atoms with E-state index in [0.29, 0.717) is 28.6 Å². The monoisotopic (exact) mass is 580 g/mol. The Kier molecular flexibility index (Phi) is 10.0. The van der Waals surface area contributed by atoms with Crippen molar-refractivity contribution in [3.05, 3.63) is 72.2 Å². The van der Waals surface area contributed by atoms with Crippen LogP contribution in [0.1, 0.15) is 18.4 Å². The van der Waals surface area contributed by atoms with E-state index in [-0.39, 0.29) is 35.3 Å². The number of likely N-dealkylation sites (tertiary alicyclic amines) is 1. The highest BCUT2D eigenvalue weighted by Crippen LogP contribution is 2.28. The third kappa shape index (κ3) is 8.35. The first-order valence-corrected chi connectivity index (χ1v) is 13.5. The van der Waals surface area contributed by atoms with Gasteiger partial charge in [0.05, 0.1) is 13.5 Å². The zero-order chi connectivity index (χ0) is 29.4. The summed E-state index contributed by atoms with van der Waals surface area (Å²) in [5.41, 5.74) is 1.04. The topological polar surface area (TPSA) is 108 Å². The molecule has 3 N–H and O–H groups in total. The van der Waals surface area contributed by atoms with Crippen LogP contribution in [0.4, 0.5) is 20.7 Å². The van der Waals surface area contributed by atoms with Crippen molar-refractivity contribution in [2.24, 2.45) is 0 Å². The van der Waals surface area contributed by atoms with E-state index >= 15 is 0 Å². The van der Waals surface area contributed by atoms with Crippen LogP contribution in [0.15, 0.2) is 60.8 Å². The van der Waals surface area contributed by atoms with Gasteiger partial charge in [-0.2, -0.15) is 0 Å². The standard InChI is InChI=1S/C29H33FN6O4S/c1-35-14-11-21(12-15-35)36(2)29(38)33-26-18-22(10-13-31-26)40-25-9-8-20(17-23(25)30)32-28(41)34-27(37)16-19-6-4-5-7-24(19)39-3/h4-10,13,17-18,21H,11-12,14-16H2,1-3H3,(H,31,33,38)(H2,32,34,37,41). The highest BCUT2D eigenvalue weighted by atomic mass is 32.1. The predicted molar refractivity (Wildman–Crippen MR) is 159 cm³/mol. The largest absolute Gasteiger partial charge is 0.496 e. The minimum atomic E-state index is -0.650. The van der Waals surface area contributed by atoms with Crippen molar-refractivity contribution >= 4 is 40.8 Å². The van der Waals surface area contributed by atoms with Crippen LogP contribution in [0.5, 0.6) is 17.2 Å². The summed E-state index contributed by atoms with van der Waals surface area (Å²) in [6, 6.07) is 14.4. The fourth-order valence-corrected chi connectivity index (χ4v) is 4.66. The van der Waals surface area contributed by atoms with Crippen LogP contribution in [0, 0.1) is 5.82 Å². The quantitative estimate of drug-likeness (QED) is 0.331. The van der Waals surface area contributed by atoms with E-state index in [0.717, 1.165) is 25.9 Å². The molecule has 1 aliphatic heterocycles. The summed E-state index contributed by atoms with van der Waals surface area (Å²) in [6.45, 7) is 1.88. The summed E-state index contributed by atoms with van der Waals surface area (Å²) < 4.78 is 25.8. The second-order valence-corrected chi connectivity index (χ2v) is 10.1. The first-order valence-electron chi connectivity index (χ1n) is 13.1. The van der Waals surface area contributed by atoms with Crippen LogP contribution in [0.25, 0.3) is 0 Å². The summed E-state index contributed by atoms with van der Waals surface area (Å²) in [4.78, 5) is 33.3. The molecule has 216 valence electrons. The zero-order valence-corrected chi connectivity index (χ0v) is 24.0. The van der Waals surface area contributed by atoms with Crippen molar-refractivity contribution in [2.45, 2.75) is 25.3 Å². The normalized spacial score (nSPS) is 13.7. The van der Waals surface area contributed by atoms with E-state index in [2.05, 4.69) is 32.9 Å². The molecule has 2 heterocycles. The van der Waals surface area contributed by atoms with Gasteiger partial charge in [-0.05, 0) is 69.5 Å². The number of benzene rings is 2. The lowest BCUT2D eigenvalue weighted by Crippen LogP contribution is -2.46. The molecule has 1 aliphatic rings. The number of ether oxygens (including phenoxy) is 2. The predicted octanol–water partition coefficient (Wildman–Crippen LogP) is 4.64. The maximum absolute atomic E-state index is 14.9. The minimum absolute atomic E-state index is 0.0256. The van der Waals surface area contributed by atoms with Crippen LogP contribution in [0.3, 0.4) is 0 Å². The Morgan fingerprint density at radius 3 is 2.59 bits per heavy atom. The molecule has 1 saturated heterocycles. The smallest absolute Gasteiger partial charge is 0.323 e. The molecule has 0 atom stereocenters. The van der Waals surface area contributed by atoms with Crippen molar-refractivity contribution < 1.29 is 23.5 Å². The van der Waals surface area contributed by atoms with Crippen molar-refractivity contribution in [3.63, 3.8) is 0 Å². The summed E-state index contributed by atoms with van der Waals surface area (Å²) in [6.07, 6.45) is 3.35. The lowest BCUT2D eigenvalue weighted by Gasteiger charge is -2.34. The lowest BCUT2D eigenvalue weighted by atomic mass is 10.0. The summed E-state index contributed by atoms with van der Waals surface area (Å²) >= 11 is 5.21. The average molecular weight is 581 g/mol. The molecule has 3 amide bonds. The molecule has 0 saturated carbocycles. The fraction of sp³-hybridized carbons (Fsp3) is 0.310. The molecule has 1 aromatic heterocycles. The van der Waals surface area contributed by atoms with E-state index in [1.807, 2.05) is 12.1 Å². The number of hydrogen-bond acceptors (Lipinski definition) is 7. The van der Waals surface area contributed by atoms with Gasteiger partial charge >= 0.3 is 6.03 Å². The summed E-state index contributed by atoms with van der Waals surface area (Å²) in [5.74, 6) is 0.167. The lowest BCUT2D eigenvalue weighted by molar-refractivity contribution is -0.119. The van der Waals surface area contributed by atoms with Gasteiger partial charge in [-0.15, -0.1) is 0 Å². The Morgan fingerprint density at radius 1 is 1.10 bits per heavy atom. The van der Waals surface area contributed by atoms with E-state index in [4.69, 9.17) is 21.7 Å². The summed E-state index contributed by atoms with van der Waals surface area (Å²) in [7, 11) is 5.38. The number of halogens is 1. The number of urea groups is 1. The van der Waals surface area contributed by atoms with Crippen LogP contribution in [0.2, 0.25) is 0 Å².